The van der Waals surface area contributed by atoms with Crippen molar-refractivity contribution < 1.29 is 18.3 Å². The lowest BCUT2D eigenvalue weighted by Crippen LogP contribution is -2.25. The van der Waals surface area contributed by atoms with E-state index in [-0.39, 0.29) is 16.5 Å². The molecule has 2 rings (SSSR count). The van der Waals surface area contributed by atoms with Gasteiger partial charge in [0.25, 0.3) is 0 Å². The number of phenolic OH excluding ortho intramolecular Hbond substituents is 1. The molecule has 0 unspecified atom stereocenters. The molecule has 0 aliphatic rings. The maximum atomic E-state index is 12.9. The van der Waals surface area contributed by atoms with Crippen molar-refractivity contribution in [2.75, 3.05) is 5.32 Å². The molecule has 0 bridgehead atoms. The first kappa shape index (κ1) is 18.2. The fourth-order valence-corrected chi connectivity index (χ4v) is 2.32. The van der Waals surface area contributed by atoms with Crippen LogP contribution in [0, 0.1) is 0 Å². The van der Waals surface area contributed by atoms with E-state index in [9.17, 15) is 18.3 Å². The number of thiocarbonyl (C=S) groups is 1. The number of rotatable bonds is 3. The average Bonchev–Trinajstić information content (AvgIpc) is 2.50. The van der Waals surface area contributed by atoms with Crippen molar-refractivity contribution in [3.05, 3.63) is 58.1 Å². The van der Waals surface area contributed by atoms with Crippen molar-refractivity contribution in [3.63, 3.8) is 0 Å². The van der Waals surface area contributed by atoms with Crippen LogP contribution in [0.3, 0.4) is 0 Å². The molecule has 4 nitrogen and oxygen atoms in total. The number of hydrogen-bond donors (Lipinski definition) is 3. The minimum absolute atomic E-state index is 0.00467. The molecule has 2 aromatic rings. The number of aromatic hydroxyl groups is 1. The summed E-state index contributed by atoms with van der Waals surface area (Å²) in [6.45, 7) is 0. The van der Waals surface area contributed by atoms with E-state index in [2.05, 4.69) is 31.8 Å². The summed E-state index contributed by atoms with van der Waals surface area (Å²) in [6, 6.07) is 9.72. The fraction of sp³-hybridized carbons (Fsp3) is 0.0667. The Morgan fingerprint density at radius 2 is 1.92 bits per heavy atom. The van der Waals surface area contributed by atoms with Crippen LogP contribution in [0.4, 0.5) is 18.9 Å². The Bertz CT molecular complexity index is 781. The Morgan fingerprint density at radius 3 is 2.62 bits per heavy atom. The second kappa shape index (κ2) is 7.63. The van der Waals surface area contributed by atoms with E-state index in [0.717, 1.165) is 10.5 Å². The van der Waals surface area contributed by atoms with Crippen molar-refractivity contribution in [2.45, 2.75) is 6.18 Å². The van der Waals surface area contributed by atoms with Crippen LogP contribution in [0.5, 0.6) is 5.75 Å². The van der Waals surface area contributed by atoms with Gasteiger partial charge in [-0.25, -0.2) is 0 Å². The summed E-state index contributed by atoms with van der Waals surface area (Å²) >= 11 is 8.17. The van der Waals surface area contributed by atoms with Gasteiger partial charge in [0.1, 0.15) is 5.75 Å². The topological polar surface area (TPSA) is 56.7 Å². The molecule has 0 saturated heterocycles. The number of para-hydroxylation sites is 1. The standard InChI is InChI=1S/C15H11BrF3N3OS/c16-10-5-6-13(23)9(7-10)8-20-22-14(24)21-12-4-2-1-3-11(12)15(17,18)19/h1-8,23H,(H2,21,22,24). The molecule has 0 amide bonds. The molecule has 0 aliphatic carbocycles. The minimum Gasteiger partial charge on any atom is -0.507 e. The maximum absolute atomic E-state index is 12.9. The van der Waals surface area contributed by atoms with E-state index >= 15 is 0 Å². The third-order valence-corrected chi connectivity index (χ3v) is 3.53. The zero-order valence-corrected chi connectivity index (χ0v) is 14.3. The van der Waals surface area contributed by atoms with Gasteiger partial charge in [-0.3, -0.25) is 5.43 Å². The second-order valence-corrected chi connectivity index (χ2v) is 5.89. The summed E-state index contributed by atoms with van der Waals surface area (Å²) in [5.74, 6) is 0.00467. The molecule has 24 heavy (non-hydrogen) atoms. The van der Waals surface area contributed by atoms with Crippen LogP contribution in [0.15, 0.2) is 52.0 Å². The molecule has 0 saturated carbocycles. The Morgan fingerprint density at radius 1 is 1.21 bits per heavy atom. The van der Waals surface area contributed by atoms with Gasteiger partial charge in [0.05, 0.1) is 17.5 Å². The maximum Gasteiger partial charge on any atom is 0.418 e. The average molecular weight is 418 g/mol. The summed E-state index contributed by atoms with van der Waals surface area (Å²) in [5.41, 5.74) is 1.80. The third kappa shape index (κ3) is 4.93. The summed E-state index contributed by atoms with van der Waals surface area (Å²) in [5, 5.41) is 15.8. The van der Waals surface area contributed by atoms with E-state index in [4.69, 9.17) is 12.2 Å². The van der Waals surface area contributed by atoms with Gasteiger partial charge in [0.2, 0.25) is 0 Å². The fourth-order valence-electron chi connectivity index (χ4n) is 1.78. The normalized spacial score (nSPS) is 11.5. The van der Waals surface area contributed by atoms with Crippen molar-refractivity contribution >= 4 is 45.2 Å². The summed E-state index contributed by atoms with van der Waals surface area (Å²) in [7, 11) is 0. The number of phenols is 1. The Hall–Kier alpha value is -2.13. The largest absolute Gasteiger partial charge is 0.507 e. The molecule has 0 aliphatic heterocycles. The molecule has 3 N–H and O–H groups in total. The predicted molar refractivity (Wildman–Crippen MR) is 94.2 cm³/mol. The highest BCUT2D eigenvalue weighted by Crippen LogP contribution is 2.34. The van der Waals surface area contributed by atoms with E-state index in [1.54, 1.807) is 12.1 Å². The molecule has 0 aromatic heterocycles. The number of hydrazone groups is 1. The van der Waals surface area contributed by atoms with Crippen molar-refractivity contribution in [2.24, 2.45) is 5.10 Å². The molecule has 0 radical (unpaired) electrons. The van der Waals surface area contributed by atoms with Gasteiger partial charge in [-0.15, -0.1) is 0 Å². The number of alkyl halides is 3. The third-order valence-electron chi connectivity index (χ3n) is 2.84. The lowest BCUT2D eigenvalue weighted by atomic mass is 10.2. The predicted octanol–water partition coefficient (Wildman–Crippen LogP) is 4.49. The van der Waals surface area contributed by atoms with Gasteiger partial charge in [-0.1, -0.05) is 28.1 Å². The molecule has 0 atom stereocenters. The summed E-state index contributed by atoms with van der Waals surface area (Å²) < 4.78 is 39.4. The summed E-state index contributed by atoms with van der Waals surface area (Å²) in [4.78, 5) is 0. The van der Waals surface area contributed by atoms with E-state index in [0.29, 0.717) is 5.56 Å². The SMILES string of the molecule is Oc1ccc(Br)cc1C=NNC(=S)Nc1ccccc1C(F)(F)F. The van der Waals surface area contributed by atoms with Crippen molar-refractivity contribution in [1.29, 1.82) is 0 Å². The first-order chi connectivity index (χ1) is 11.3. The molecular weight excluding hydrogens is 407 g/mol. The number of nitrogens with zero attached hydrogens (tertiary/aromatic N) is 1. The highest BCUT2D eigenvalue weighted by atomic mass is 79.9. The van der Waals surface area contributed by atoms with Gasteiger partial charge in [-0.05, 0) is 42.5 Å². The monoisotopic (exact) mass is 417 g/mol. The highest BCUT2D eigenvalue weighted by Gasteiger charge is 2.33. The lowest BCUT2D eigenvalue weighted by molar-refractivity contribution is -0.136. The zero-order valence-electron chi connectivity index (χ0n) is 11.9. The first-order valence-electron chi connectivity index (χ1n) is 6.52. The molecule has 2 aromatic carbocycles. The molecule has 0 spiro atoms. The van der Waals surface area contributed by atoms with Crippen LogP contribution in [0.2, 0.25) is 0 Å². The molecule has 126 valence electrons. The van der Waals surface area contributed by atoms with Gasteiger partial charge in [-0.2, -0.15) is 18.3 Å². The number of anilines is 1. The van der Waals surface area contributed by atoms with Gasteiger partial charge < -0.3 is 10.4 Å². The van der Waals surface area contributed by atoms with Gasteiger partial charge in [0, 0.05) is 10.0 Å². The Labute approximate surface area is 149 Å². The molecule has 0 heterocycles. The van der Waals surface area contributed by atoms with Gasteiger partial charge in [0.15, 0.2) is 5.11 Å². The van der Waals surface area contributed by atoms with Crippen LogP contribution in [0.25, 0.3) is 0 Å². The van der Waals surface area contributed by atoms with Crippen molar-refractivity contribution in [3.8, 4) is 5.75 Å². The number of nitrogens with one attached hydrogen (secondary N) is 2. The van der Waals surface area contributed by atoms with E-state index in [1.807, 2.05) is 0 Å². The summed E-state index contributed by atoms with van der Waals surface area (Å²) in [6.07, 6.45) is -3.20. The molecule has 0 fully saturated rings. The smallest absolute Gasteiger partial charge is 0.418 e. The van der Waals surface area contributed by atoms with Gasteiger partial charge >= 0.3 is 6.18 Å². The number of halogens is 4. The van der Waals surface area contributed by atoms with Crippen LogP contribution in [0.1, 0.15) is 11.1 Å². The minimum atomic E-state index is -4.50. The van der Waals surface area contributed by atoms with Crippen molar-refractivity contribution in [1.82, 2.24) is 5.43 Å². The number of hydrogen-bond acceptors (Lipinski definition) is 3. The van der Waals surface area contributed by atoms with Crippen LogP contribution < -0.4 is 10.7 Å². The van der Waals surface area contributed by atoms with Crippen LogP contribution in [-0.4, -0.2) is 16.4 Å². The first-order valence-corrected chi connectivity index (χ1v) is 7.72. The molecule has 9 heteroatoms. The van der Waals surface area contributed by atoms with Crippen LogP contribution in [-0.2, 0) is 6.18 Å². The highest BCUT2D eigenvalue weighted by molar-refractivity contribution is 9.10. The Balaban J connectivity index is 2.04. The number of benzene rings is 2. The lowest BCUT2D eigenvalue weighted by Gasteiger charge is -2.14. The second-order valence-electron chi connectivity index (χ2n) is 4.57. The Kier molecular flexibility index (Phi) is 5.79. The zero-order chi connectivity index (χ0) is 17.7. The van der Waals surface area contributed by atoms with Crippen LogP contribution >= 0.6 is 28.1 Å². The van der Waals surface area contributed by atoms with E-state index in [1.165, 1.54) is 30.5 Å². The molecular formula is C15H11BrF3N3OS. The quantitative estimate of drug-likeness (QED) is 0.391. The van der Waals surface area contributed by atoms with E-state index < -0.39 is 11.7 Å².